The van der Waals surface area contributed by atoms with Crippen LogP contribution in [-0.4, -0.2) is 0 Å². The zero-order chi connectivity index (χ0) is 4.50. The van der Waals surface area contributed by atoms with Crippen molar-refractivity contribution in [3.63, 3.8) is 0 Å². The Bertz CT molecular complexity index is 53.0. The summed E-state index contributed by atoms with van der Waals surface area (Å²) < 4.78 is 31.2. The summed E-state index contributed by atoms with van der Waals surface area (Å²) in [5.41, 5.74) is 0. The molecule has 5 heteroatoms. The molecule has 0 fully saturated rings. The molecule has 0 aliphatic heterocycles. The molecule has 0 unspecified atom stereocenters. The Morgan fingerprint density at radius 3 is 1.20 bits per heavy atom. The first-order valence-corrected chi connectivity index (χ1v) is 9.91. The van der Waals surface area contributed by atoms with Crippen molar-refractivity contribution in [2.45, 2.75) is 0 Å². The molecule has 0 saturated heterocycles. The molecule has 0 rings (SSSR count). The third-order valence-electron chi connectivity index (χ3n) is 0. The van der Waals surface area contributed by atoms with Crippen LogP contribution in [0, 0.1) is 28.0 Å². The van der Waals surface area contributed by atoms with E-state index >= 15 is 0 Å². The second kappa shape index (κ2) is 1.77. The van der Waals surface area contributed by atoms with Crippen LogP contribution in [0.3, 0.4) is 0 Å². The van der Waals surface area contributed by atoms with Crippen molar-refractivity contribution in [3.05, 3.63) is 0 Å². The maximum atomic E-state index is 10.4. The molecule has 0 N–H and O–H groups in total. The molecule has 0 aliphatic rings. The summed E-state index contributed by atoms with van der Waals surface area (Å²) in [4.78, 5) is 0. The normalized spacial score (nSPS) is 8.60. The van der Waals surface area contributed by atoms with Crippen molar-refractivity contribution in [3.8, 4) is 0 Å². The van der Waals surface area contributed by atoms with Gasteiger partial charge in [-0.15, -0.1) is 0 Å². The van der Waals surface area contributed by atoms with E-state index in [4.69, 9.17) is 0 Å². The fourth-order valence-corrected chi connectivity index (χ4v) is 0. The van der Waals surface area contributed by atoms with Crippen LogP contribution in [0.2, 0.25) is 0 Å². The van der Waals surface area contributed by atoms with Gasteiger partial charge in [-0.3, -0.25) is 0 Å². The first kappa shape index (κ1) is 6.20. The third kappa shape index (κ3) is 36.8. The van der Waals surface area contributed by atoms with E-state index in [9.17, 15) is 4.81 Å². The van der Waals surface area contributed by atoms with Crippen LogP contribution in [0.4, 0.5) is 4.81 Å². The van der Waals surface area contributed by atoms with Crippen LogP contribution in [0.5, 0.6) is 0 Å². The zero-order valence-corrected chi connectivity index (χ0v) is 6.56. The molecule has 0 atom stereocenters. The Hall–Kier alpha value is 1.20. The van der Waals surface area contributed by atoms with Gasteiger partial charge in [-0.1, -0.05) is 0 Å². The summed E-state index contributed by atoms with van der Waals surface area (Å²) in [5, 5.41) is 0. The Kier molecular flexibility index (Phi) is 2.20. The van der Waals surface area contributed by atoms with Crippen LogP contribution in [-0.2, 0) is 0 Å². The van der Waals surface area contributed by atoms with Crippen LogP contribution in [0.1, 0.15) is 0 Å². The summed E-state index contributed by atoms with van der Waals surface area (Å²) in [5.74, 6) is 0. The van der Waals surface area contributed by atoms with E-state index in [0.717, 1.165) is 0 Å². The minimum absolute atomic E-state index is 3.06. The predicted molar refractivity (Wildman–Crippen MR) is 10.9 cm³/mol. The molecule has 0 heterocycles. The van der Waals surface area contributed by atoms with Gasteiger partial charge in [0.1, 0.15) is 0 Å². The second-order valence-electron chi connectivity index (χ2n) is 0.515. The van der Waals surface area contributed by atoms with Gasteiger partial charge in [-0.05, 0) is 0 Å². The van der Waals surface area contributed by atoms with E-state index in [0.29, 0.717) is 0 Å². The molecule has 0 aromatic rings. The molecule has 0 bridgehead atoms. The Labute approximate surface area is 39.5 Å². The van der Waals surface area contributed by atoms with E-state index in [2.05, 4.69) is 7.03 Å². The second-order valence-corrected chi connectivity index (χ2v) is 7.64. The Morgan fingerprint density at radius 2 is 1.20 bits per heavy atom. The van der Waals surface area contributed by atoms with Gasteiger partial charge >= 0.3 is 39.8 Å². The van der Waals surface area contributed by atoms with Crippen molar-refractivity contribution < 1.29 is 32.8 Å². The molecular weight excluding hydrogens is 228 g/mol. The topological polar surface area (TPSA) is 0 Å². The van der Waals surface area contributed by atoms with Crippen LogP contribution in [0.15, 0.2) is 0 Å². The van der Waals surface area contributed by atoms with E-state index in [1.165, 1.54) is 0 Å². The number of hydrogen-bond donors (Lipinski definition) is 0. The summed E-state index contributed by atoms with van der Waals surface area (Å²) in [6, 6.07) is 0. The molecule has 0 saturated carbocycles. The monoisotopic (exact) mass is 228 g/mol. The van der Waals surface area contributed by atoms with Crippen LogP contribution in [0.25, 0.3) is 0 Å². The third-order valence-corrected chi connectivity index (χ3v) is 0. The minimum atomic E-state index is -6.25. The molecular formula is F3LaS. The van der Waals surface area contributed by atoms with Crippen molar-refractivity contribution in [2.24, 2.45) is 0 Å². The zero-order valence-electron chi connectivity index (χ0n) is 2.12. The van der Waals surface area contributed by atoms with Crippen LogP contribution < -0.4 is 0 Å². The SMILES string of the molecule is [F][La]([F])([F])=[S]. The van der Waals surface area contributed by atoms with Crippen LogP contribution >= 0.6 is 7.03 Å². The van der Waals surface area contributed by atoms with Gasteiger partial charge in [0.25, 0.3) is 0 Å². The van der Waals surface area contributed by atoms with Crippen molar-refractivity contribution >= 4 is 7.03 Å². The van der Waals surface area contributed by atoms with Crippen molar-refractivity contribution in [1.29, 1.82) is 0 Å². The predicted octanol–water partition coefficient (Wildman–Crippen LogP) is 1.91. The van der Waals surface area contributed by atoms with Gasteiger partial charge in [0, 0.05) is 0 Å². The molecule has 30 valence electrons. The number of rotatable bonds is 0. The summed E-state index contributed by atoms with van der Waals surface area (Å²) in [6.45, 7) is 0. The fraction of sp³-hybridized carbons (Fsp3) is 0. The van der Waals surface area contributed by atoms with Gasteiger partial charge in [0.05, 0.1) is 0 Å². The maximum absolute atomic E-state index is 10.4. The summed E-state index contributed by atoms with van der Waals surface area (Å²) in [6.07, 6.45) is 0. The van der Waals surface area contributed by atoms with Gasteiger partial charge in [-0.2, -0.15) is 0 Å². The molecule has 0 amide bonds. The average Bonchev–Trinajstić information content (AvgIpc) is 0.722. The van der Waals surface area contributed by atoms with E-state index in [-0.39, 0.29) is 0 Å². The molecule has 0 aromatic heterocycles. The van der Waals surface area contributed by atoms with Gasteiger partial charge in [0.2, 0.25) is 0 Å². The molecule has 0 aromatic carbocycles. The van der Waals surface area contributed by atoms with Crippen molar-refractivity contribution in [1.82, 2.24) is 0 Å². The first-order valence-electron chi connectivity index (χ1n) is 0.890. The Balaban J connectivity index is 3.47. The fourth-order valence-electron chi connectivity index (χ4n) is 0. The van der Waals surface area contributed by atoms with E-state index in [1.54, 1.807) is 0 Å². The standard InChI is InChI=1S/3FH.La.S/h3*1H;;/q;;;+3;/p-3. The summed E-state index contributed by atoms with van der Waals surface area (Å²) >= 11 is -6.25. The molecule has 0 aliphatic carbocycles. The van der Waals surface area contributed by atoms with Crippen molar-refractivity contribution in [2.75, 3.05) is 0 Å². The van der Waals surface area contributed by atoms with Gasteiger partial charge < -0.3 is 0 Å². The quantitative estimate of drug-likeness (QED) is 0.610. The molecule has 0 radical (unpaired) electrons. The number of hydrogen-bond acceptors (Lipinski definition) is 1. The summed E-state index contributed by atoms with van der Waals surface area (Å²) in [7, 11) is 3.06. The van der Waals surface area contributed by atoms with Gasteiger partial charge in [0.15, 0.2) is 0 Å². The molecule has 0 spiro atoms. The number of halogens is 3. The first-order chi connectivity index (χ1) is 2.00. The molecule has 0 nitrogen and oxygen atoms in total. The van der Waals surface area contributed by atoms with E-state index in [1.807, 2.05) is 0 Å². The molecule has 5 heavy (non-hydrogen) atoms. The Morgan fingerprint density at radius 1 is 1.20 bits per heavy atom. The van der Waals surface area contributed by atoms with E-state index < -0.39 is 28.0 Å². The average molecular weight is 228 g/mol. The van der Waals surface area contributed by atoms with Gasteiger partial charge in [-0.25, -0.2) is 0 Å².